The van der Waals surface area contributed by atoms with Gasteiger partial charge in [-0.25, -0.2) is 0 Å². The summed E-state index contributed by atoms with van der Waals surface area (Å²) in [5.41, 5.74) is -0.966. The summed E-state index contributed by atoms with van der Waals surface area (Å²) >= 11 is 0. The maximum absolute atomic E-state index is 12.4. The van der Waals surface area contributed by atoms with Crippen LogP contribution in [-0.4, -0.2) is 16.2 Å². The molecule has 0 saturated carbocycles. The van der Waals surface area contributed by atoms with Crippen LogP contribution in [0.4, 0.5) is 13.2 Å². The molecule has 0 aliphatic carbocycles. The topological polar surface area (TPSA) is 57.5 Å². The van der Waals surface area contributed by atoms with Crippen molar-refractivity contribution < 1.29 is 28.2 Å². The smallest absolute Gasteiger partial charge is 0.419 e. The van der Waals surface area contributed by atoms with Crippen LogP contribution >= 0.6 is 0 Å². The summed E-state index contributed by atoms with van der Waals surface area (Å²) in [6.45, 7) is 0. The maximum Gasteiger partial charge on any atom is 0.419 e. The summed E-state index contributed by atoms with van der Waals surface area (Å²) in [6, 6.07) is 2.94. The maximum atomic E-state index is 12.4. The molecule has 0 aromatic heterocycles. The number of carboxylic acids is 1. The first-order chi connectivity index (χ1) is 7.80. The van der Waals surface area contributed by atoms with Crippen molar-refractivity contribution in [1.29, 1.82) is 0 Å². The van der Waals surface area contributed by atoms with Crippen LogP contribution in [0, 0.1) is 0 Å². The van der Waals surface area contributed by atoms with Gasteiger partial charge < -0.3 is 10.2 Å². The zero-order chi connectivity index (χ0) is 13.1. The number of alkyl halides is 3. The number of carboxylic acid groups (broad SMARTS) is 1. The van der Waals surface area contributed by atoms with E-state index in [1.165, 1.54) is 18.2 Å². The van der Waals surface area contributed by atoms with Gasteiger partial charge >= 0.3 is 12.1 Å². The van der Waals surface area contributed by atoms with E-state index in [9.17, 15) is 18.0 Å². The van der Waals surface area contributed by atoms with E-state index < -0.39 is 23.5 Å². The number of halogens is 3. The minimum absolute atomic E-state index is 0.177. The number of hydrogen-bond acceptors (Lipinski definition) is 2. The minimum atomic E-state index is -4.64. The Kier molecular flexibility index (Phi) is 3.77. The molecule has 0 amide bonds. The van der Waals surface area contributed by atoms with E-state index >= 15 is 0 Å². The number of carbonyl (C=O) groups is 1. The Balaban J connectivity index is 2.97. The van der Waals surface area contributed by atoms with Crippen molar-refractivity contribution in [3.63, 3.8) is 0 Å². The summed E-state index contributed by atoms with van der Waals surface area (Å²) < 4.78 is 37.2. The first-order valence-corrected chi connectivity index (χ1v) is 4.59. The highest BCUT2D eigenvalue weighted by Crippen LogP contribution is 2.36. The highest BCUT2D eigenvalue weighted by molar-refractivity contribution is 5.70. The van der Waals surface area contributed by atoms with Gasteiger partial charge in [-0.3, -0.25) is 4.79 Å². The number of aliphatic carboxylic acids is 1. The second-order valence-electron chi connectivity index (χ2n) is 3.27. The molecule has 0 radical (unpaired) electrons. The van der Waals surface area contributed by atoms with Crippen molar-refractivity contribution in [3.8, 4) is 5.75 Å². The Labute approximate surface area is 94.8 Å². The lowest BCUT2D eigenvalue weighted by atomic mass is 10.1. The second-order valence-corrected chi connectivity index (χ2v) is 3.27. The lowest BCUT2D eigenvalue weighted by molar-refractivity contribution is -0.139. The monoisotopic (exact) mass is 246 g/mol. The molecule has 1 aromatic carbocycles. The molecule has 0 heterocycles. The van der Waals surface area contributed by atoms with Crippen LogP contribution in [0.5, 0.6) is 5.75 Å². The van der Waals surface area contributed by atoms with Crippen molar-refractivity contribution >= 4 is 12.0 Å². The van der Waals surface area contributed by atoms with Gasteiger partial charge in [-0.05, 0) is 17.7 Å². The highest BCUT2D eigenvalue weighted by atomic mass is 19.4. The fraction of sp³-hybridized carbons (Fsp3) is 0.182. The van der Waals surface area contributed by atoms with E-state index in [1.54, 1.807) is 0 Å². The lowest BCUT2D eigenvalue weighted by Crippen LogP contribution is -2.05. The quantitative estimate of drug-likeness (QED) is 0.862. The van der Waals surface area contributed by atoms with Crippen LogP contribution in [0.3, 0.4) is 0 Å². The molecule has 0 aliphatic rings. The van der Waals surface area contributed by atoms with Crippen LogP contribution in [-0.2, 0) is 11.0 Å². The molecular formula is C11H9F3O3. The fourth-order valence-corrected chi connectivity index (χ4v) is 1.18. The summed E-state index contributed by atoms with van der Waals surface area (Å²) in [5, 5.41) is 17.4. The molecule has 1 aromatic rings. The Bertz CT molecular complexity index is 450. The van der Waals surface area contributed by atoms with E-state index in [2.05, 4.69) is 0 Å². The lowest BCUT2D eigenvalue weighted by Gasteiger charge is -2.09. The molecule has 0 bridgehead atoms. The van der Waals surface area contributed by atoms with Gasteiger partial charge in [0.2, 0.25) is 0 Å². The second kappa shape index (κ2) is 4.90. The molecule has 2 N–H and O–H groups in total. The van der Waals surface area contributed by atoms with E-state index in [-0.39, 0.29) is 12.0 Å². The molecular weight excluding hydrogens is 237 g/mol. The average molecular weight is 246 g/mol. The van der Waals surface area contributed by atoms with Crippen molar-refractivity contribution in [3.05, 3.63) is 35.4 Å². The van der Waals surface area contributed by atoms with Crippen LogP contribution in [0.1, 0.15) is 17.5 Å². The number of rotatable bonds is 3. The SMILES string of the molecule is O=C(O)CC=Cc1ccc(O)c(C(F)(F)F)c1. The number of phenolic OH excluding ortho intramolecular Hbond substituents is 1. The predicted molar refractivity (Wildman–Crippen MR) is 54.4 cm³/mol. The number of phenols is 1. The standard InChI is InChI=1S/C11H9F3O3/c12-11(13,14)8-6-7(4-5-9(8)15)2-1-3-10(16)17/h1-2,4-6,15H,3H2,(H,16,17). The van der Waals surface area contributed by atoms with Crippen LogP contribution in [0.2, 0.25) is 0 Å². The molecule has 0 atom stereocenters. The third-order valence-corrected chi connectivity index (χ3v) is 1.93. The van der Waals surface area contributed by atoms with Crippen molar-refractivity contribution in [2.45, 2.75) is 12.6 Å². The van der Waals surface area contributed by atoms with E-state index in [4.69, 9.17) is 10.2 Å². The summed E-state index contributed by atoms with van der Waals surface area (Å²) in [4.78, 5) is 10.2. The third-order valence-electron chi connectivity index (χ3n) is 1.93. The van der Waals surface area contributed by atoms with Gasteiger partial charge in [0.05, 0.1) is 12.0 Å². The molecule has 0 fully saturated rings. The Morgan fingerprint density at radius 3 is 2.53 bits per heavy atom. The predicted octanol–water partition coefficient (Wildman–Crippen LogP) is 2.90. The molecule has 92 valence electrons. The van der Waals surface area contributed by atoms with E-state index in [1.807, 2.05) is 0 Å². The summed E-state index contributed by atoms with van der Waals surface area (Å²) in [5.74, 6) is -1.93. The van der Waals surface area contributed by atoms with E-state index in [0.29, 0.717) is 0 Å². The van der Waals surface area contributed by atoms with Gasteiger partial charge in [-0.1, -0.05) is 18.2 Å². The summed E-state index contributed by atoms with van der Waals surface area (Å²) in [6.07, 6.45) is -2.43. The Morgan fingerprint density at radius 1 is 1.35 bits per heavy atom. The van der Waals surface area contributed by atoms with Crippen LogP contribution < -0.4 is 0 Å². The molecule has 1 rings (SSSR count). The molecule has 6 heteroatoms. The zero-order valence-corrected chi connectivity index (χ0v) is 8.53. The third kappa shape index (κ3) is 3.82. The normalized spacial score (nSPS) is 11.9. The van der Waals surface area contributed by atoms with Gasteiger partial charge in [0.25, 0.3) is 0 Å². The molecule has 17 heavy (non-hydrogen) atoms. The summed E-state index contributed by atoms with van der Waals surface area (Å²) in [7, 11) is 0. The van der Waals surface area contributed by atoms with Gasteiger partial charge in [0, 0.05) is 0 Å². The molecule has 0 saturated heterocycles. The van der Waals surface area contributed by atoms with Gasteiger partial charge in [-0.2, -0.15) is 13.2 Å². The molecule has 0 unspecified atom stereocenters. The Hall–Kier alpha value is -1.98. The largest absolute Gasteiger partial charge is 0.507 e. The minimum Gasteiger partial charge on any atom is -0.507 e. The first-order valence-electron chi connectivity index (χ1n) is 4.59. The van der Waals surface area contributed by atoms with Crippen LogP contribution in [0.15, 0.2) is 24.3 Å². The average Bonchev–Trinajstić information content (AvgIpc) is 2.18. The van der Waals surface area contributed by atoms with Crippen LogP contribution in [0.25, 0.3) is 6.08 Å². The van der Waals surface area contributed by atoms with Crippen molar-refractivity contribution in [2.24, 2.45) is 0 Å². The number of benzene rings is 1. The molecule has 0 aliphatic heterocycles. The zero-order valence-electron chi connectivity index (χ0n) is 8.53. The molecule has 0 spiro atoms. The van der Waals surface area contributed by atoms with Gasteiger partial charge in [0.15, 0.2) is 0 Å². The van der Waals surface area contributed by atoms with Crippen molar-refractivity contribution in [2.75, 3.05) is 0 Å². The number of aromatic hydroxyl groups is 1. The van der Waals surface area contributed by atoms with Crippen molar-refractivity contribution in [1.82, 2.24) is 0 Å². The fourth-order valence-electron chi connectivity index (χ4n) is 1.18. The van der Waals surface area contributed by atoms with Gasteiger partial charge in [-0.15, -0.1) is 0 Å². The number of hydrogen-bond donors (Lipinski definition) is 2. The van der Waals surface area contributed by atoms with E-state index in [0.717, 1.165) is 12.1 Å². The molecule has 3 nitrogen and oxygen atoms in total. The van der Waals surface area contributed by atoms with Gasteiger partial charge in [0.1, 0.15) is 5.75 Å². The Morgan fingerprint density at radius 2 is 2.00 bits per heavy atom. The highest BCUT2D eigenvalue weighted by Gasteiger charge is 2.33. The first kappa shape index (κ1) is 13.1.